The summed E-state index contributed by atoms with van der Waals surface area (Å²) in [6, 6.07) is 6.39. The van der Waals surface area contributed by atoms with Gasteiger partial charge in [0.05, 0.1) is 11.2 Å². The first-order valence-electron chi connectivity index (χ1n) is 7.43. The van der Waals surface area contributed by atoms with Crippen LogP contribution in [0.3, 0.4) is 0 Å². The minimum atomic E-state index is -0.301. The maximum absolute atomic E-state index is 9.38. The summed E-state index contributed by atoms with van der Waals surface area (Å²) in [6.45, 7) is 8.53. The molecule has 1 heterocycles. The summed E-state index contributed by atoms with van der Waals surface area (Å²) < 4.78 is 12.2. The van der Waals surface area contributed by atoms with Gasteiger partial charge in [-0.15, -0.1) is 0 Å². The summed E-state index contributed by atoms with van der Waals surface area (Å²) in [5, 5.41) is 9.38. The lowest BCUT2D eigenvalue weighted by Gasteiger charge is -2.32. The molecule has 3 nitrogen and oxygen atoms in total. The van der Waals surface area contributed by atoms with E-state index in [1.807, 2.05) is 0 Å². The molecule has 0 saturated carbocycles. The Balaban J connectivity index is 1.87. The summed E-state index contributed by atoms with van der Waals surface area (Å²) >= 11 is 0. The highest BCUT2D eigenvalue weighted by atomic mass is 16.7. The standard InChI is InChI=1S/C16H23BO3/c1-15(2)16(3,4)20-17(19-15)13-7-8-14-11(9-13)5-6-12(14)10-18/h7-9,12,18H,5-6,10H2,1-4H3. The van der Waals surface area contributed by atoms with Gasteiger partial charge in [0.25, 0.3) is 0 Å². The summed E-state index contributed by atoms with van der Waals surface area (Å²) in [7, 11) is -0.293. The molecule has 1 aromatic carbocycles. The van der Waals surface area contributed by atoms with Crippen molar-refractivity contribution in [2.75, 3.05) is 6.61 Å². The van der Waals surface area contributed by atoms with E-state index in [2.05, 4.69) is 45.9 Å². The summed E-state index contributed by atoms with van der Waals surface area (Å²) in [5.41, 5.74) is 3.10. The monoisotopic (exact) mass is 274 g/mol. The van der Waals surface area contributed by atoms with Gasteiger partial charge in [0.15, 0.2) is 0 Å². The molecule has 1 saturated heterocycles. The van der Waals surface area contributed by atoms with Crippen LogP contribution in [0.5, 0.6) is 0 Å². The third kappa shape index (κ3) is 2.10. The van der Waals surface area contributed by atoms with Crippen LogP contribution >= 0.6 is 0 Å². The van der Waals surface area contributed by atoms with Gasteiger partial charge in [-0.05, 0) is 57.1 Å². The van der Waals surface area contributed by atoms with Crippen molar-refractivity contribution in [2.24, 2.45) is 0 Å². The van der Waals surface area contributed by atoms with Gasteiger partial charge in [-0.3, -0.25) is 0 Å². The zero-order chi connectivity index (χ0) is 14.5. The van der Waals surface area contributed by atoms with Gasteiger partial charge < -0.3 is 14.4 Å². The molecular weight excluding hydrogens is 251 g/mol. The molecule has 0 bridgehead atoms. The number of rotatable bonds is 2. The Morgan fingerprint density at radius 2 is 1.85 bits per heavy atom. The molecule has 20 heavy (non-hydrogen) atoms. The van der Waals surface area contributed by atoms with Crippen molar-refractivity contribution in [1.82, 2.24) is 0 Å². The van der Waals surface area contributed by atoms with E-state index < -0.39 is 0 Å². The molecule has 2 aliphatic rings. The maximum Gasteiger partial charge on any atom is 0.494 e. The molecule has 1 N–H and O–H groups in total. The first-order chi connectivity index (χ1) is 9.34. The molecular formula is C16H23BO3. The van der Waals surface area contributed by atoms with E-state index in [4.69, 9.17) is 9.31 Å². The summed E-state index contributed by atoms with van der Waals surface area (Å²) in [6.07, 6.45) is 2.08. The smallest absolute Gasteiger partial charge is 0.399 e. The highest BCUT2D eigenvalue weighted by molar-refractivity contribution is 6.62. The number of aryl methyl sites for hydroxylation is 1. The molecule has 108 valence electrons. The third-order valence-corrected chi connectivity index (χ3v) is 5.11. The molecule has 4 heteroatoms. The first kappa shape index (κ1) is 14.1. The first-order valence-corrected chi connectivity index (χ1v) is 7.43. The Labute approximate surface area is 121 Å². The molecule has 1 aliphatic carbocycles. The zero-order valence-electron chi connectivity index (χ0n) is 12.8. The Morgan fingerprint density at radius 3 is 2.45 bits per heavy atom. The Hall–Kier alpha value is -0.835. The van der Waals surface area contributed by atoms with Crippen molar-refractivity contribution in [3.8, 4) is 0 Å². The lowest BCUT2D eigenvalue weighted by molar-refractivity contribution is 0.00578. The summed E-state index contributed by atoms with van der Waals surface area (Å²) in [4.78, 5) is 0. The molecule has 3 rings (SSSR count). The van der Waals surface area contributed by atoms with Crippen LogP contribution in [0, 0.1) is 0 Å². The van der Waals surface area contributed by atoms with Crippen molar-refractivity contribution in [2.45, 2.75) is 57.7 Å². The lowest BCUT2D eigenvalue weighted by Crippen LogP contribution is -2.41. The van der Waals surface area contributed by atoms with E-state index in [-0.39, 0.29) is 24.9 Å². The van der Waals surface area contributed by atoms with E-state index in [9.17, 15) is 5.11 Å². The van der Waals surface area contributed by atoms with Crippen LogP contribution in [0.1, 0.15) is 51.2 Å². The largest absolute Gasteiger partial charge is 0.494 e. The van der Waals surface area contributed by atoms with Crippen LogP contribution in [0.2, 0.25) is 0 Å². The molecule has 1 unspecified atom stereocenters. The average Bonchev–Trinajstić information content (AvgIpc) is 2.87. The number of hydrogen-bond donors (Lipinski definition) is 1. The second-order valence-electron chi connectivity index (χ2n) is 6.96. The number of benzene rings is 1. The van der Waals surface area contributed by atoms with Crippen molar-refractivity contribution in [3.63, 3.8) is 0 Å². The third-order valence-electron chi connectivity index (χ3n) is 5.11. The van der Waals surface area contributed by atoms with E-state index in [1.54, 1.807) is 0 Å². The fourth-order valence-corrected chi connectivity index (χ4v) is 3.04. The number of fused-ring (bicyclic) bond motifs is 1. The van der Waals surface area contributed by atoms with Gasteiger partial charge in [0.2, 0.25) is 0 Å². The van der Waals surface area contributed by atoms with Gasteiger partial charge in [-0.25, -0.2) is 0 Å². The highest BCUT2D eigenvalue weighted by Gasteiger charge is 2.51. The molecule has 1 atom stereocenters. The second kappa shape index (κ2) is 4.59. The van der Waals surface area contributed by atoms with Crippen molar-refractivity contribution in [3.05, 3.63) is 29.3 Å². The van der Waals surface area contributed by atoms with E-state index in [0.717, 1.165) is 18.3 Å². The predicted molar refractivity (Wildman–Crippen MR) is 80.3 cm³/mol. The van der Waals surface area contributed by atoms with Crippen molar-refractivity contribution in [1.29, 1.82) is 0 Å². The minimum absolute atomic E-state index is 0.239. The Bertz CT molecular complexity index is 508. The van der Waals surface area contributed by atoms with Gasteiger partial charge in [-0.1, -0.05) is 18.2 Å². The maximum atomic E-state index is 9.38. The molecule has 1 aromatic rings. The molecule has 0 amide bonds. The van der Waals surface area contributed by atoms with Gasteiger partial charge in [0.1, 0.15) is 0 Å². The quantitative estimate of drug-likeness (QED) is 0.838. The van der Waals surface area contributed by atoms with Crippen LogP contribution in [0.15, 0.2) is 18.2 Å². The van der Waals surface area contributed by atoms with Crippen LogP contribution in [-0.4, -0.2) is 30.0 Å². The normalized spacial score (nSPS) is 26.9. The highest BCUT2D eigenvalue weighted by Crippen LogP contribution is 2.37. The van der Waals surface area contributed by atoms with E-state index in [0.29, 0.717) is 5.92 Å². The summed E-state index contributed by atoms with van der Waals surface area (Å²) in [5.74, 6) is 0.303. The van der Waals surface area contributed by atoms with Gasteiger partial charge in [-0.2, -0.15) is 0 Å². The fourth-order valence-electron chi connectivity index (χ4n) is 3.04. The molecule has 0 radical (unpaired) electrons. The molecule has 0 aromatic heterocycles. The Kier molecular flexibility index (Phi) is 3.24. The van der Waals surface area contributed by atoms with E-state index in [1.165, 1.54) is 11.1 Å². The number of aliphatic hydroxyl groups is 1. The topological polar surface area (TPSA) is 38.7 Å². The second-order valence-corrected chi connectivity index (χ2v) is 6.96. The van der Waals surface area contributed by atoms with Gasteiger partial charge in [0, 0.05) is 12.5 Å². The SMILES string of the molecule is CC1(C)OB(c2ccc3c(c2)CCC3CO)OC1(C)C. The average molecular weight is 274 g/mol. The number of aliphatic hydroxyl groups excluding tert-OH is 1. The molecule has 1 aliphatic heterocycles. The van der Waals surface area contributed by atoms with E-state index >= 15 is 0 Å². The van der Waals surface area contributed by atoms with Crippen LogP contribution in [0.4, 0.5) is 0 Å². The van der Waals surface area contributed by atoms with Crippen molar-refractivity contribution >= 4 is 12.6 Å². The number of hydrogen-bond acceptors (Lipinski definition) is 3. The lowest BCUT2D eigenvalue weighted by atomic mass is 9.77. The molecule has 1 fully saturated rings. The van der Waals surface area contributed by atoms with Crippen LogP contribution < -0.4 is 5.46 Å². The van der Waals surface area contributed by atoms with Crippen molar-refractivity contribution < 1.29 is 14.4 Å². The van der Waals surface area contributed by atoms with Gasteiger partial charge >= 0.3 is 7.12 Å². The predicted octanol–water partition coefficient (Wildman–Crippen LogP) is 2.01. The zero-order valence-corrected chi connectivity index (χ0v) is 12.8. The van der Waals surface area contributed by atoms with Crippen LogP contribution in [0.25, 0.3) is 0 Å². The fraction of sp³-hybridized carbons (Fsp3) is 0.625. The molecule has 0 spiro atoms. The van der Waals surface area contributed by atoms with Crippen LogP contribution in [-0.2, 0) is 15.7 Å². The Morgan fingerprint density at radius 1 is 1.20 bits per heavy atom. The minimum Gasteiger partial charge on any atom is -0.399 e.